The van der Waals surface area contributed by atoms with Gasteiger partial charge in [0.05, 0.1) is 31.1 Å². The monoisotopic (exact) mass is 305 g/mol. The quantitative estimate of drug-likeness (QED) is 0.715. The van der Waals surface area contributed by atoms with Crippen molar-refractivity contribution in [2.45, 2.75) is 30.9 Å². The lowest BCUT2D eigenvalue weighted by Crippen LogP contribution is -2.62. The van der Waals surface area contributed by atoms with Gasteiger partial charge in [-0.2, -0.15) is 0 Å². The van der Waals surface area contributed by atoms with Crippen LogP contribution >= 0.6 is 0 Å². The van der Waals surface area contributed by atoms with Gasteiger partial charge in [0.25, 0.3) is 0 Å². The van der Waals surface area contributed by atoms with Crippen molar-refractivity contribution in [2.75, 3.05) is 20.8 Å². The molecule has 0 bridgehead atoms. The first kappa shape index (κ1) is 15.0. The summed E-state index contributed by atoms with van der Waals surface area (Å²) in [6.45, 7) is 0.389. The number of amides is 1. The molecule has 0 aromatic heterocycles. The van der Waals surface area contributed by atoms with Crippen LogP contribution in [-0.2, 0) is 23.9 Å². The molecular weight excluding hydrogens is 286 g/mol. The van der Waals surface area contributed by atoms with Crippen molar-refractivity contribution in [1.29, 1.82) is 0 Å². The Hall–Kier alpha value is -1.95. The molecule has 1 amide bonds. The predicted octanol–water partition coefficient (Wildman–Crippen LogP) is 0.621. The highest BCUT2D eigenvalue weighted by Crippen LogP contribution is 2.49. The Balaban J connectivity index is 2.06. The smallest absolute Gasteiger partial charge is 0.306 e. The van der Waals surface area contributed by atoms with Crippen LogP contribution in [0.15, 0.2) is 23.8 Å². The van der Waals surface area contributed by atoms with Gasteiger partial charge in [0, 0.05) is 32.6 Å². The molecule has 0 aromatic rings. The van der Waals surface area contributed by atoms with Crippen molar-refractivity contribution in [2.24, 2.45) is 5.92 Å². The lowest BCUT2D eigenvalue weighted by Gasteiger charge is -2.50. The second kappa shape index (κ2) is 5.35. The van der Waals surface area contributed by atoms with Crippen molar-refractivity contribution >= 4 is 17.7 Å². The van der Waals surface area contributed by atoms with Crippen LogP contribution in [0.25, 0.3) is 0 Å². The predicted molar refractivity (Wildman–Crippen MR) is 76.8 cm³/mol. The molecule has 2 heterocycles. The first-order chi connectivity index (χ1) is 10.5. The highest BCUT2D eigenvalue weighted by molar-refractivity contribution is 5.99. The lowest BCUT2D eigenvalue weighted by molar-refractivity contribution is -0.152. The van der Waals surface area contributed by atoms with Crippen LogP contribution in [0.3, 0.4) is 0 Å². The van der Waals surface area contributed by atoms with Gasteiger partial charge in [-0.15, -0.1) is 0 Å². The van der Waals surface area contributed by atoms with E-state index in [2.05, 4.69) is 0 Å². The minimum atomic E-state index is -0.768. The van der Waals surface area contributed by atoms with E-state index in [1.807, 2.05) is 12.2 Å². The number of carbonyl (C=O) groups is 3. The Morgan fingerprint density at radius 3 is 2.86 bits per heavy atom. The molecule has 1 fully saturated rings. The lowest BCUT2D eigenvalue weighted by atomic mass is 9.66. The zero-order chi connectivity index (χ0) is 15.9. The fourth-order valence-corrected chi connectivity index (χ4v) is 3.89. The SMILES string of the molecule is COC(=O)C[C@@H]1C(=O)CCN2C(=O)C=C3C=C[C@H](OC)C[C@]312. The standard InChI is InChI=1S/C16H19NO5/c1-21-11-4-3-10-7-14(19)17-6-5-13(18)12(8-15(20)22-2)16(10,17)9-11/h3-4,7,11-12H,5-6,8-9H2,1-2H3/t11-,12+,16-/m0/s1. The molecular formula is C16H19NO5. The minimum absolute atomic E-state index is 0.00685. The molecule has 6 heteroatoms. The largest absolute Gasteiger partial charge is 0.469 e. The van der Waals surface area contributed by atoms with Gasteiger partial charge < -0.3 is 14.4 Å². The number of esters is 1. The molecule has 0 unspecified atom stereocenters. The molecule has 6 nitrogen and oxygen atoms in total. The third kappa shape index (κ3) is 2.01. The first-order valence-electron chi connectivity index (χ1n) is 7.37. The van der Waals surface area contributed by atoms with Crippen LogP contribution in [0.4, 0.5) is 0 Å². The molecule has 22 heavy (non-hydrogen) atoms. The van der Waals surface area contributed by atoms with Crippen LogP contribution in [0.5, 0.6) is 0 Å². The molecule has 118 valence electrons. The number of carbonyl (C=O) groups excluding carboxylic acids is 3. The fourth-order valence-electron chi connectivity index (χ4n) is 3.89. The van der Waals surface area contributed by atoms with Crippen molar-refractivity contribution in [3.63, 3.8) is 0 Å². The summed E-state index contributed by atoms with van der Waals surface area (Å²) in [4.78, 5) is 38.3. The van der Waals surface area contributed by atoms with Crippen LogP contribution < -0.4 is 0 Å². The molecule has 0 radical (unpaired) electrons. The molecule has 1 spiro atoms. The van der Waals surface area contributed by atoms with E-state index in [4.69, 9.17) is 9.47 Å². The molecule has 0 aromatic carbocycles. The summed E-state index contributed by atoms with van der Waals surface area (Å²) < 4.78 is 10.2. The third-order valence-electron chi connectivity index (χ3n) is 4.98. The second-order valence-electron chi connectivity index (χ2n) is 5.90. The van der Waals surface area contributed by atoms with Gasteiger partial charge in [0.1, 0.15) is 5.78 Å². The van der Waals surface area contributed by atoms with Crippen LogP contribution in [-0.4, -0.2) is 55.0 Å². The first-order valence-corrected chi connectivity index (χ1v) is 7.37. The summed E-state index contributed by atoms with van der Waals surface area (Å²) >= 11 is 0. The summed E-state index contributed by atoms with van der Waals surface area (Å²) in [7, 11) is 2.90. The summed E-state index contributed by atoms with van der Waals surface area (Å²) in [6.07, 6.45) is 5.88. The third-order valence-corrected chi connectivity index (χ3v) is 4.98. The Morgan fingerprint density at radius 2 is 2.18 bits per heavy atom. The van der Waals surface area contributed by atoms with E-state index >= 15 is 0 Å². The van der Waals surface area contributed by atoms with E-state index < -0.39 is 17.4 Å². The number of hydrogen-bond donors (Lipinski definition) is 0. The Bertz CT molecular complexity index is 593. The number of piperidine rings is 1. The van der Waals surface area contributed by atoms with E-state index in [-0.39, 0.29) is 30.6 Å². The number of ketones is 1. The van der Waals surface area contributed by atoms with Crippen molar-refractivity contribution < 1.29 is 23.9 Å². The normalized spacial score (nSPS) is 33.4. The number of rotatable bonds is 3. The minimum Gasteiger partial charge on any atom is -0.469 e. The Morgan fingerprint density at radius 1 is 1.41 bits per heavy atom. The van der Waals surface area contributed by atoms with E-state index in [0.717, 1.165) is 5.57 Å². The molecule has 1 aliphatic carbocycles. The van der Waals surface area contributed by atoms with Gasteiger partial charge in [-0.1, -0.05) is 12.2 Å². The number of hydrogen-bond acceptors (Lipinski definition) is 5. The van der Waals surface area contributed by atoms with E-state index in [1.54, 1.807) is 18.1 Å². The number of methoxy groups -OCH3 is 2. The Labute approximate surface area is 128 Å². The maximum atomic E-state index is 12.5. The highest BCUT2D eigenvalue weighted by atomic mass is 16.5. The maximum absolute atomic E-state index is 12.5. The number of nitrogens with zero attached hydrogens (tertiary/aromatic N) is 1. The van der Waals surface area contributed by atoms with Crippen molar-refractivity contribution in [1.82, 2.24) is 4.90 Å². The van der Waals surface area contributed by atoms with Crippen LogP contribution in [0, 0.1) is 5.92 Å². The van der Waals surface area contributed by atoms with Crippen LogP contribution in [0.2, 0.25) is 0 Å². The van der Waals surface area contributed by atoms with E-state index in [1.165, 1.54) is 7.11 Å². The molecule has 0 N–H and O–H groups in total. The van der Waals surface area contributed by atoms with E-state index in [0.29, 0.717) is 13.0 Å². The van der Waals surface area contributed by atoms with Crippen LogP contribution in [0.1, 0.15) is 19.3 Å². The zero-order valence-corrected chi connectivity index (χ0v) is 12.7. The summed E-state index contributed by atoms with van der Waals surface area (Å²) in [5.74, 6) is -1.10. The topological polar surface area (TPSA) is 72.9 Å². The molecule has 0 saturated carbocycles. The number of ether oxygens (including phenoxy) is 2. The second-order valence-corrected chi connectivity index (χ2v) is 5.90. The zero-order valence-electron chi connectivity index (χ0n) is 12.7. The summed E-state index contributed by atoms with van der Waals surface area (Å²) in [6, 6.07) is 0. The van der Waals surface area contributed by atoms with Gasteiger partial charge in [0.15, 0.2) is 0 Å². The van der Waals surface area contributed by atoms with Gasteiger partial charge in [-0.25, -0.2) is 0 Å². The van der Waals surface area contributed by atoms with Crippen molar-refractivity contribution in [3.05, 3.63) is 23.8 Å². The fraction of sp³-hybridized carbons (Fsp3) is 0.562. The Kier molecular flexibility index (Phi) is 3.64. The molecule has 1 saturated heterocycles. The van der Waals surface area contributed by atoms with Gasteiger partial charge in [0.2, 0.25) is 5.91 Å². The maximum Gasteiger partial charge on any atom is 0.306 e. The highest BCUT2D eigenvalue weighted by Gasteiger charge is 2.58. The van der Waals surface area contributed by atoms with Gasteiger partial charge in [-0.05, 0) is 5.57 Å². The van der Waals surface area contributed by atoms with Gasteiger partial charge in [-0.3, -0.25) is 14.4 Å². The summed E-state index contributed by atoms with van der Waals surface area (Å²) in [5, 5.41) is 0. The summed E-state index contributed by atoms with van der Waals surface area (Å²) in [5.41, 5.74) is 0.0310. The molecule has 2 aliphatic heterocycles. The molecule has 3 aliphatic rings. The molecule has 3 atom stereocenters. The van der Waals surface area contributed by atoms with Crippen molar-refractivity contribution in [3.8, 4) is 0 Å². The average Bonchev–Trinajstić information content (AvgIpc) is 2.81. The molecule has 3 rings (SSSR count). The van der Waals surface area contributed by atoms with E-state index in [9.17, 15) is 14.4 Å². The number of Topliss-reactive ketones (excluding diaryl/α,β-unsaturated/α-hetero) is 1. The average molecular weight is 305 g/mol. The van der Waals surface area contributed by atoms with Gasteiger partial charge >= 0.3 is 5.97 Å².